The summed E-state index contributed by atoms with van der Waals surface area (Å²) in [6, 6.07) is 10.8. The molecule has 2 saturated heterocycles. The van der Waals surface area contributed by atoms with E-state index in [2.05, 4.69) is 33.8 Å². The van der Waals surface area contributed by atoms with E-state index in [-0.39, 0.29) is 6.04 Å². The summed E-state index contributed by atoms with van der Waals surface area (Å²) in [5.74, 6) is 0.299. The molecule has 1 aromatic carbocycles. The predicted octanol–water partition coefficient (Wildman–Crippen LogP) is 2.82. The molecule has 2 aliphatic rings. The molecule has 3 heterocycles. The minimum Gasteiger partial charge on any atom is -0.345 e. The average molecular weight is 350 g/mol. The van der Waals surface area contributed by atoms with E-state index in [4.69, 9.17) is 5.26 Å². The number of benzene rings is 1. The molecule has 1 aromatic heterocycles. The van der Waals surface area contributed by atoms with Crippen molar-refractivity contribution in [2.24, 2.45) is 0 Å². The quantitative estimate of drug-likeness (QED) is 0.902. The highest BCUT2D eigenvalue weighted by atomic mass is 16.2. The van der Waals surface area contributed by atoms with Gasteiger partial charge in [0.25, 0.3) is 0 Å². The number of likely N-dealkylation sites (tertiary alicyclic amines) is 1. The fourth-order valence-corrected chi connectivity index (χ4v) is 4.40. The molecule has 1 N–H and O–H groups in total. The fraction of sp³-hybridized carbons (Fsp3) is 0.524. The zero-order valence-corrected chi connectivity index (χ0v) is 15.4. The molecule has 2 aromatic rings. The molecule has 0 radical (unpaired) electrons. The van der Waals surface area contributed by atoms with E-state index >= 15 is 0 Å². The smallest absolute Gasteiger partial charge is 0.239 e. The van der Waals surface area contributed by atoms with Crippen molar-refractivity contribution in [2.45, 2.75) is 57.7 Å². The van der Waals surface area contributed by atoms with E-state index in [1.165, 1.54) is 11.1 Å². The zero-order chi connectivity index (χ0) is 18.1. The van der Waals surface area contributed by atoms with Crippen LogP contribution in [-0.2, 0) is 17.8 Å². The molecule has 2 atom stereocenters. The predicted molar refractivity (Wildman–Crippen MR) is 102 cm³/mol. The first-order valence-corrected chi connectivity index (χ1v) is 9.77. The highest BCUT2D eigenvalue weighted by Crippen LogP contribution is 2.27. The van der Waals surface area contributed by atoms with Crippen LogP contribution in [0.2, 0.25) is 0 Å². The molecule has 4 rings (SSSR count). The molecule has 136 valence electrons. The van der Waals surface area contributed by atoms with Crippen LogP contribution in [0.4, 0.5) is 0 Å². The maximum atomic E-state index is 12.6. The highest BCUT2D eigenvalue weighted by Gasteiger charge is 2.36. The second kappa shape index (κ2) is 7.13. The standard InChI is InChI=1S/C21H26N4O/c1-2-24-18(13-16-6-5-15(14-22)12-20(16)24)8-7-17-9-11-25(17)21(26)19-4-3-10-23-19/h5-6,12-13,17,19,23H,2-4,7-11H2,1H3/t17-,19+/m0/s1. The van der Waals surface area contributed by atoms with Crippen LogP contribution in [0.15, 0.2) is 24.3 Å². The van der Waals surface area contributed by atoms with Crippen LogP contribution < -0.4 is 5.32 Å². The maximum Gasteiger partial charge on any atom is 0.239 e. The van der Waals surface area contributed by atoms with Crippen molar-refractivity contribution >= 4 is 16.8 Å². The van der Waals surface area contributed by atoms with Crippen LogP contribution in [0.25, 0.3) is 10.9 Å². The second-order valence-electron chi connectivity index (χ2n) is 7.43. The molecule has 0 saturated carbocycles. The third-order valence-electron chi connectivity index (χ3n) is 5.95. The van der Waals surface area contributed by atoms with Crippen LogP contribution in [0, 0.1) is 11.3 Å². The summed E-state index contributed by atoms with van der Waals surface area (Å²) in [5.41, 5.74) is 3.14. The first kappa shape index (κ1) is 17.1. The van der Waals surface area contributed by atoms with Crippen LogP contribution >= 0.6 is 0 Å². The summed E-state index contributed by atoms with van der Waals surface area (Å²) >= 11 is 0. The average Bonchev–Trinajstić information content (AvgIpc) is 3.27. The Morgan fingerprint density at radius 1 is 1.35 bits per heavy atom. The Labute approximate surface area is 154 Å². The molecule has 1 amide bonds. The monoisotopic (exact) mass is 350 g/mol. The molecule has 0 unspecified atom stereocenters. The summed E-state index contributed by atoms with van der Waals surface area (Å²) in [7, 11) is 0. The second-order valence-corrected chi connectivity index (χ2v) is 7.43. The zero-order valence-electron chi connectivity index (χ0n) is 15.4. The van der Waals surface area contributed by atoms with E-state index in [1.807, 2.05) is 18.2 Å². The van der Waals surface area contributed by atoms with E-state index in [0.717, 1.165) is 57.3 Å². The number of nitriles is 1. The van der Waals surface area contributed by atoms with Gasteiger partial charge in [-0.1, -0.05) is 6.07 Å². The third-order valence-corrected chi connectivity index (χ3v) is 5.95. The van der Waals surface area contributed by atoms with Crippen molar-refractivity contribution in [3.63, 3.8) is 0 Å². The summed E-state index contributed by atoms with van der Waals surface area (Å²) in [6.07, 6.45) is 5.18. The van der Waals surface area contributed by atoms with E-state index in [9.17, 15) is 4.79 Å². The van der Waals surface area contributed by atoms with Crippen molar-refractivity contribution in [3.8, 4) is 6.07 Å². The number of amides is 1. The SMILES string of the molecule is CCn1c(CC[C@H]2CCN2C(=O)[C@H]2CCCN2)cc2ccc(C#N)cc21. The third kappa shape index (κ3) is 2.99. The van der Waals surface area contributed by atoms with Crippen molar-refractivity contribution < 1.29 is 4.79 Å². The van der Waals surface area contributed by atoms with Gasteiger partial charge in [0.1, 0.15) is 0 Å². The van der Waals surface area contributed by atoms with Crippen molar-refractivity contribution in [1.29, 1.82) is 5.26 Å². The Balaban J connectivity index is 1.46. The number of hydrogen-bond acceptors (Lipinski definition) is 3. The van der Waals surface area contributed by atoms with Gasteiger partial charge in [-0.25, -0.2) is 0 Å². The normalized spacial score (nSPS) is 22.4. The first-order chi connectivity index (χ1) is 12.7. The number of aromatic nitrogens is 1. The van der Waals surface area contributed by atoms with E-state index < -0.39 is 0 Å². The van der Waals surface area contributed by atoms with Crippen molar-refractivity contribution in [2.75, 3.05) is 13.1 Å². The van der Waals surface area contributed by atoms with Gasteiger partial charge in [0.2, 0.25) is 5.91 Å². The number of carbonyl (C=O) groups is 1. The lowest BCUT2D eigenvalue weighted by Gasteiger charge is -2.42. The Morgan fingerprint density at radius 3 is 2.88 bits per heavy atom. The largest absolute Gasteiger partial charge is 0.345 e. The van der Waals surface area contributed by atoms with Gasteiger partial charge in [0.15, 0.2) is 0 Å². The number of aryl methyl sites for hydroxylation is 2. The molecule has 2 aliphatic heterocycles. The number of carbonyl (C=O) groups excluding carboxylic acids is 1. The number of nitrogens with one attached hydrogen (secondary N) is 1. The molecular weight excluding hydrogens is 324 g/mol. The summed E-state index contributed by atoms with van der Waals surface area (Å²) in [6.45, 7) is 4.92. The van der Waals surface area contributed by atoms with Gasteiger partial charge in [0.05, 0.1) is 17.7 Å². The number of rotatable bonds is 5. The van der Waals surface area contributed by atoms with Gasteiger partial charge in [-0.05, 0) is 69.2 Å². The lowest BCUT2D eigenvalue weighted by atomic mass is 9.95. The number of nitrogens with zero attached hydrogens (tertiary/aromatic N) is 3. The Morgan fingerprint density at radius 2 is 2.23 bits per heavy atom. The topological polar surface area (TPSA) is 61.1 Å². The van der Waals surface area contributed by atoms with Crippen LogP contribution in [0.1, 0.15) is 43.9 Å². The van der Waals surface area contributed by atoms with Gasteiger partial charge >= 0.3 is 0 Å². The number of fused-ring (bicyclic) bond motifs is 1. The van der Waals surface area contributed by atoms with E-state index in [0.29, 0.717) is 17.5 Å². The Bertz CT molecular complexity index is 857. The highest BCUT2D eigenvalue weighted by molar-refractivity contribution is 5.83. The summed E-state index contributed by atoms with van der Waals surface area (Å²) < 4.78 is 2.31. The van der Waals surface area contributed by atoms with Crippen LogP contribution in [0.5, 0.6) is 0 Å². The van der Waals surface area contributed by atoms with Gasteiger partial charge < -0.3 is 14.8 Å². The van der Waals surface area contributed by atoms with Gasteiger partial charge in [0, 0.05) is 30.3 Å². The molecule has 0 bridgehead atoms. The molecular formula is C21H26N4O. The fourth-order valence-electron chi connectivity index (χ4n) is 4.40. The lowest BCUT2D eigenvalue weighted by Crippen LogP contribution is -2.56. The van der Waals surface area contributed by atoms with E-state index in [1.54, 1.807) is 0 Å². The van der Waals surface area contributed by atoms with Crippen LogP contribution in [0.3, 0.4) is 0 Å². The van der Waals surface area contributed by atoms with Gasteiger partial charge in [-0.3, -0.25) is 4.79 Å². The lowest BCUT2D eigenvalue weighted by molar-refractivity contribution is -0.141. The molecule has 0 aliphatic carbocycles. The minimum absolute atomic E-state index is 0.0456. The summed E-state index contributed by atoms with van der Waals surface area (Å²) in [4.78, 5) is 14.7. The Kier molecular flexibility index (Phi) is 4.69. The first-order valence-electron chi connectivity index (χ1n) is 9.77. The van der Waals surface area contributed by atoms with Gasteiger partial charge in [-0.15, -0.1) is 0 Å². The molecule has 5 heteroatoms. The van der Waals surface area contributed by atoms with Crippen LogP contribution in [-0.4, -0.2) is 40.5 Å². The summed E-state index contributed by atoms with van der Waals surface area (Å²) in [5, 5.41) is 13.7. The maximum absolute atomic E-state index is 12.6. The molecule has 26 heavy (non-hydrogen) atoms. The molecule has 5 nitrogen and oxygen atoms in total. The Hall–Kier alpha value is -2.32. The minimum atomic E-state index is 0.0456. The molecule has 2 fully saturated rings. The van der Waals surface area contributed by atoms with Crippen molar-refractivity contribution in [1.82, 2.24) is 14.8 Å². The number of hydrogen-bond donors (Lipinski definition) is 1. The van der Waals surface area contributed by atoms with Crippen molar-refractivity contribution in [3.05, 3.63) is 35.5 Å². The molecule has 0 spiro atoms. The van der Waals surface area contributed by atoms with Gasteiger partial charge in [-0.2, -0.15) is 5.26 Å².